The smallest absolute Gasteiger partial charge is 0.221 e. The van der Waals surface area contributed by atoms with Crippen LogP contribution < -0.4 is 11.1 Å². The Kier molecular flexibility index (Phi) is 7.34. The van der Waals surface area contributed by atoms with Gasteiger partial charge in [0, 0.05) is 32.1 Å². The van der Waals surface area contributed by atoms with Gasteiger partial charge in [-0.15, -0.1) is 0 Å². The molecule has 0 heterocycles. The molecule has 0 aromatic heterocycles. The predicted octanol–water partition coefficient (Wildman–Crippen LogP) is 0.428. The number of hydrogen-bond donors (Lipinski definition) is 2. The largest absolute Gasteiger partial charge is 0.356 e. The first-order chi connectivity index (χ1) is 7.01. The Hall–Kier alpha value is -0.610. The minimum Gasteiger partial charge on any atom is -0.356 e. The highest BCUT2D eigenvalue weighted by Gasteiger charge is 2.17. The summed E-state index contributed by atoms with van der Waals surface area (Å²) >= 11 is 0. The molecule has 90 valence electrons. The molecule has 0 aliphatic rings. The summed E-state index contributed by atoms with van der Waals surface area (Å²) < 4.78 is 0. The molecule has 0 aliphatic carbocycles. The topological polar surface area (TPSA) is 58.4 Å². The summed E-state index contributed by atoms with van der Waals surface area (Å²) in [7, 11) is 2.02. The zero-order chi connectivity index (χ0) is 11.8. The van der Waals surface area contributed by atoms with E-state index in [2.05, 4.69) is 24.1 Å². The first-order valence-corrected chi connectivity index (χ1v) is 5.68. The SMILES string of the molecule is CCNC(=O)CC(CN)N(C)CC(C)C. The van der Waals surface area contributed by atoms with Gasteiger partial charge in [0.25, 0.3) is 0 Å². The predicted molar refractivity (Wildman–Crippen MR) is 63.6 cm³/mol. The first-order valence-electron chi connectivity index (χ1n) is 5.68. The van der Waals surface area contributed by atoms with E-state index in [1.54, 1.807) is 0 Å². The first kappa shape index (κ1) is 14.4. The van der Waals surface area contributed by atoms with Crippen LogP contribution in [0.4, 0.5) is 0 Å². The molecule has 0 fully saturated rings. The maximum Gasteiger partial charge on any atom is 0.221 e. The van der Waals surface area contributed by atoms with Crippen LogP contribution in [0.15, 0.2) is 0 Å². The number of carbonyl (C=O) groups excluding carboxylic acids is 1. The zero-order valence-electron chi connectivity index (χ0n) is 10.4. The monoisotopic (exact) mass is 215 g/mol. The van der Waals surface area contributed by atoms with Gasteiger partial charge >= 0.3 is 0 Å². The molecular weight excluding hydrogens is 190 g/mol. The Bertz CT molecular complexity index is 183. The minimum absolute atomic E-state index is 0.0866. The zero-order valence-corrected chi connectivity index (χ0v) is 10.4. The molecule has 0 aromatic rings. The summed E-state index contributed by atoms with van der Waals surface area (Å²) in [5.74, 6) is 0.682. The number of carbonyl (C=O) groups is 1. The van der Waals surface area contributed by atoms with Gasteiger partial charge in [-0.05, 0) is 19.9 Å². The maximum atomic E-state index is 11.4. The van der Waals surface area contributed by atoms with E-state index in [-0.39, 0.29) is 11.9 Å². The lowest BCUT2D eigenvalue weighted by molar-refractivity contribution is -0.122. The lowest BCUT2D eigenvalue weighted by Crippen LogP contribution is -2.43. The van der Waals surface area contributed by atoms with Gasteiger partial charge in [-0.1, -0.05) is 13.8 Å². The Morgan fingerprint density at radius 1 is 1.47 bits per heavy atom. The van der Waals surface area contributed by atoms with Crippen LogP contribution in [0.1, 0.15) is 27.2 Å². The molecule has 4 nitrogen and oxygen atoms in total. The summed E-state index contributed by atoms with van der Waals surface area (Å²) in [5, 5.41) is 2.80. The number of nitrogens with one attached hydrogen (secondary N) is 1. The number of rotatable bonds is 7. The number of likely N-dealkylation sites (N-methyl/N-ethyl adjacent to an activating group) is 1. The molecule has 1 unspecified atom stereocenters. The molecule has 4 heteroatoms. The van der Waals surface area contributed by atoms with E-state index in [0.717, 1.165) is 6.54 Å². The summed E-state index contributed by atoms with van der Waals surface area (Å²) in [6.45, 7) is 8.44. The Labute approximate surface area is 93.2 Å². The normalized spacial score (nSPS) is 13.3. The molecule has 1 atom stereocenters. The number of nitrogens with zero attached hydrogens (tertiary/aromatic N) is 1. The molecule has 3 N–H and O–H groups in total. The van der Waals surface area contributed by atoms with Crippen LogP contribution in [0.5, 0.6) is 0 Å². The van der Waals surface area contributed by atoms with Gasteiger partial charge in [-0.2, -0.15) is 0 Å². The molecule has 0 bridgehead atoms. The van der Waals surface area contributed by atoms with Gasteiger partial charge in [0.1, 0.15) is 0 Å². The lowest BCUT2D eigenvalue weighted by atomic mass is 10.1. The van der Waals surface area contributed by atoms with Crippen LogP contribution in [0.3, 0.4) is 0 Å². The van der Waals surface area contributed by atoms with Crippen molar-refractivity contribution in [1.29, 1.82) is 0 Å². The van der Waals surface area contributed by atoms with Crippen LogP contribution in [-0.2, 0) is 4.79 Å². The molecule has 0 saturated carbocycles. The fourth-order valence-corrected chi connectivity index (χ4v) is 1.63. The van der Waals surface area contributed by atoms with Crippen molar-refractivity contribution in [3.63, 3.8) is 0 Å². The quantitative estimate of drug-likeness (QED) is 0.647. The summed E-state index contributed by atoms with van der Waals surface area (Å²) in [4.78, 5) is 13.6. The highest BCUT2D eigenvalue weighted by atomic mass is 16.1. The van der Waals surface area contributed by atoms with E-state index in [4.69, 9.17) is 5.73 Å². The highest BCUT2D eigenvalue weighted by molar-refractivity contribution is 5.76. The number of amides is 1. The minimum atomic E-state index is 0.0866. The van der Waals surface area contributed by atoms with Crippen molar-refractivity contribution in [3.8, 4) is 0 Å². The van der Waals surface area contributed by atoms with Crippen molar-refractivity contribution >= 4 is 5.91 Å². The molecule has 15 heavy (non-hydrogen) atoms. The summed E-state index contributed by atoms with van der Waals surface area (Å²) in [5.41, 5.74) is 5.67. The van der Waals surface area contributed by atoms with Crippen molar-refractivity contribution in [3.05, 3.63) is 0 Å². The summed E-state index contributed by atoms with van der Waals surface area (Å²) in [6.07, 6.45) is 0.494. The maximum absolute atomic E-state index is 11.4. The Balaban J connectivity index is 4.05. The van der Waals surface area contributed by atoms with Crippen LogP contribution in [0.25, 0.3) is 0 Å². The van der Waals surface area contributed by atoms with Crippen LogP contribution in [0, 0.1) is 5.92 Å². The van der Waals surface area contributed by atoms with E-state index in [1.165, 1.54) is 0 Å². The van der Waals surface area contributed by atoms with Gasteiger partial charge < -0.3 is 16.0 Å². The third-order valence-electron chi connectivity index (χ3n) is 2.34. The van der Waals surface area contributed by atoms with Gasteiger partial charge in [0.05, 0.1) is 0 Å². The average molecular weight is 215 g/mol. The molecule has 0 spiro atoms. The molecule has 0 rings (SSSR count). The Morgan fingerprint density at radius 2 is 2.07 bits per heavy atom. The van der Waals surface area contributed by atoms with Crippen molar-refractivity contribution < 1.29 is 4.79 Å². The second-order valence-electron chi connectivity index (χ2n) is 4.38. The van der Waals surface area contributed by atoms with E-state index < -0.39 is 0 Å². The van der Waals surface area contributed by atoms with Gasteiger partial charge in [-0.25, -0.2) is 0 Å². The number of hydrogen-bond acceptors (Lipinski definition) is 3. The van der Waals surface area contributed by atoms with E-state index in [1.807, 2.05) is 14.0 Å². The standard InChI is InChI=1S/C11H25N3O/c1-5-13-11(15)6-10(7-12)14(4)8-9(2)3/h9-10H,5-8,12H2,1-4H3,(H,13,15). The van der Waals surface area contributed by atoms with Crippen molar-refractivity contribution in [2.75, 3.05) is 26.7 Å². The molecular formula is C11H25N3O. The van der Waals surface area contributed by atoms with Gasteiger partial charge in [0.15, 0.2) is 0 Å². The van der Waals surface area contributed by atoms with E-state index in [9.17, 15) is 4.79 Å². The fraction of sp³-hybridized carbons (Fsp3) is 0.909. The van der Waals surface area contributed by atoms with Crippen LogP contribution in [-0.4, -0.2) is 43.5 Å². The third kappa shape index (κ3) is 6.47. The highest BCUT2D eigenvalue weighted by Crippen LogP contribution is 2.04. The van der Waals surface area contributed by atoms with E-state index >= 15 is 0 Å². The average Bonchev–Trinajstić information content (AvgIpc) is 2.13. The molecule has 0 saturated heterocycles. The fourth-order valence-electron chi connectivity index (χ4n) is 1.63. The molecule has 0 aliphatic heterocycles. The second-order valence-corrected chi connectivity index (χ2v) is 4.38. The van der Waals surface area contributed by atoms with Crippen molar-refractivity contribution in [1.82, 2.24) is 10.2 Å². The Morgan fingerprint density at radius 3 is 2.47 bits per heavy atom. The van der Waals surface area contributed by atoms with E-state index in [0.29, 0.717) is 25.4 Å². The molecule has 1 amide bonds. The molecule has 0 radical (unpaired) electrons. The van der Waals surface area contributed by atoms with Crippen LogP contribution >= 0.6 is 0 Å². The van der Waals surface area contributed by atoms with Crippen molar-refractivity contribution in [2.24, 2.45) is 11.7 Å². The summed E-state index contributed by atoms with van der Waals surface area (Å²) in [6, 6.07) is 0.152. The van der Waals surface area contributed by atoms with Crippen LogP contribution in [0.2, 0.25) is 0 Å². The number of nitrogens with two attached hydrogens (primary N) is 1. The third-order valence-corrected chi connectivity index (χ3v) is 2.34. The lowest BCUT2D eigenvalue weighted by Gasteiger charge is -2.27. The van der Waals surface area contributed by atoms with Gasteiger partial charge in [0.2, 0.25) is 5.91 Å². The van der Waals surface area contributed by atoms with Crippen molar-refractivity contribution in [2.45, 2.75) is 33.2 Å². The molecule has 0 aromatic carbocycles. The second kappa shape index (κ2) is 7.65. The van der Waals surface area contributed by atoms with Gasteiger partial charge in [-0.3, -0.25) is 4.79 Å².